The molecule has 0 aromatic carbocycles. The molecular formula is C24H27N7O4. The van der Waals surface area contributed by atoms with Crippen molar-refractivity contribution in [2.75, 3.05) is 32.7 Å². The number of carbonyl (C=O) groups excluding carboxylic acids is 1. The number of aliphatic hydroxyl groups excluding tert-OH is 1. The lowest BCUT2D eigenvalue weighted by Crippen LogP contribution is -2.51. The minimum atomic E-state index is -0.615. The third-order valence-corrected chi connectivity index (χ3v) is 7.05. The maximum Gasteiger partial charge on any atom is 0.257 e. The van der Waals surface area contributed by atoms with Crippen LogP contribution >= 0.6 is 0 Å². The number of aromatic nitrogens is 5. The standard InChI is InChI=1S/C24H27N7O4/c1-25-21-8-17(15-10-30(18-11-35-12-19(18)32)22-13(15)4-3-7-26-22)28-23-14(9-27-31(21)23)24(33)29-16-5-6-20(16)34-2/h3-4,7-10,16,18-20,25,32H,5-6,11-12H2,1-2H3,(H,29,33)/t16?,18-,19-,20+/m1/s1. The van der Waals surface area contributed by atoms with Crippen LogP contribution in [-0.4, -0.2) is 80.8 Å². The number of pyridine rings is 1. The number of nitrogens with zero attached hydrogens (tertiary/aromatic N) is 5. The number of aliphatic hydroxyl groups is 1. The van der Waals surface area contributed by atoms with E-state index in [2.05, 4.69) is 20.7 Å². The van der Waals surface area contributed by atoms with Crippen LogP contribution in [0.4, 0.5) is 5.82 Å². The maximum atomic E-state index is 13.1. The van der Waals surface area contributed by atoms with Crippen molar-refractivity contribution in [3.8, 4) is 11.3 Å². The van der Waals surface area contributed by atoms with E-state index in [1.807, 2.05) is 29.0 Å². The average Bonchev–Trinajstić information content (AvgIpc) is 3.57. The fourth-order valence-corrected chi connectivity index (χ4v) is 4.94. The summed E-state index contributed by atoms with van der Waals surface area (Å²) in [6, 6.07) is 5.49. The molecule has 11 heteroatoms. The lowest BCUT2D eigenvalue weighted by Gasteiger charge is -2.35. The first-order chi connectivity index (χ1) is 17.1. The topological polar surface area (TPSA) is 128 Å². The third kappa shape index (κ3) is 3.54. The van der Waals surface area contributed by atoms with Gasteiger partial charge in [0.1, 0.15) is 23.1 Å². The number of methoxy groups -OCH3 is 1. The molecule has 0 radical (unpaired) electrons. The first-order valence-electron chi connectivity index (χ1n) is 11.7. The summed E-state index contributed by atoms with van der Waals surface area (Å²) >= 11 is 0. The quantitative estimate of drug-likeness (QED) is 0.382. The Labute approximate surface area is 201 Å². The van der Waals surface area contributed by atoms with Gasteiger partial charge in [-0.25, -0.2) is 9.97 Å². The van der Waals surface area contributed by atoms with Crippen molar-refractivity contribution in [3.05, 3.63) is 42.4 Å². The number of anilines is 1. The number of carbonyl (C=O) groups is 1. The molecule has 0 bridgehead atoms. The van der Waals surface area contributed by atoms with Crippen molar-refractivity contribution in [1.29, 1.82) is 0 Å². The Hall–Kier alpha value is -3.54. The van der Waals surface area contributed by atoms with E-state index in [-0.39, 0.29) is 24.1 Å². The normalized spacial score (nSPS) is 24.1. The van der Waals surface area contributed by atoms with E-state index >= 15 is 0 Å². The zero-order valence-electron chi connectivity index (χ0n) is 19.5. The van der Waals surface area contributed by atoms with Gasteiger partial charge in [-0.1, -0.05) is 0 Å². The van der Waals surface area contributed by atoms with Crippen molar-refractivity contribution >= 4 is 28.4 Å². The molecule has 182 valence electrons. The van der Waals surface area contributed by atoms with E-state index < -0.39 is 6.10 Å². The summed E-state index contributed by atoms with van der Waals surface area (Å²) in [4.78, 5) is 22.6. The zero-order valence-corrected chi connectivity index (χ0v) is 19.5. The lowest BCUT2D eigenvalue weighted by atomic mass is 9.89. The predicted molar refractivity (Wildman–Crippen MR) is 128 cm³/mol. The van der Waals surface area contributed by atoms with Gasteiger partial charge in [-0.3, -0.25) is 4.79 Å². The van der Waals surface area contributed by atoms with Crippen LogP contribution < -0.4 is 10.6 Å². The van der Waals surface area contributed by atoms with Crippen LogP contribution in [0.1, 0.15) is 29.2 Å². The van der Waals surface area contributed by atoms with Crippen LogP contribution in [0.3, 0.4) is 0 Å². The summed E-state index contributed by atoms with van der Waals surface area (Å²) < 4.78 is 14.5. The van der Waals surface area contributed by atoms with Gasteiger partial charge in [0.25, 0.3) is 5.91 Å². The van der Waals surface area contributed by atoms with Crippen LogP contribution in [0.2, 0.25) is 0 Å². The molecule has 4 aromatic heterocycles. The van der Waals surface area contributed by atoms with Crippen LogP contribution in [-0.2, 0) is 9.47 Å². The number of amides is 1. The van der Waals surface area contributed by atoms with Crippen LogP contribution in [0, 0.1) is 0 Å². The second-order valence-corrected chi connectivity index (χ2v) is 9.00. The molecule has 1 aliphatic heterocycles. The maximum absolute atomic E-state index is 13.1. The van der Waals surface area contributed by atoms with Crippen molar-refractivity contribution < 1.29 is 19.4 Å². The molecule has 1 saturated carbocycles. The Bertz CT molecular complexity index is 1410. The van der Waals surface area contributed by atoms with Crippen molar-refractivity contribution in [2.45, 2.75) is 37.1 Å². The first-order valence-corrected chi connectivity index (χ1v) is 11.7. The van der Waals surface area contributed by atoms with E-state index in [4.69, 9.17) is 14.5 Å². The third-order valence-electron chi connectivity index (χ3n) is 7.05. The molecule has 11 nitrogen and oxygen atoms in total. The van der Waals surface area contributed by atoms with E-state index in [0.717, 1.165) is 29.4 Å². The van der Waals surface area contributed by atoms with Gasteiger partial charge in [0, 0.05) is 43.6 Å². The van der Waals surface area contributed by atoms with Crippen molar-refractivity contribution in [3.63, 3.8) is 0 Å². The second kappa shape index (κ2) is 8.59. The largest absolute Gasteiger partial charge is 0.388 e. The first kappa shape index (κ1) is 22.0. The highest BCUT2D eigenvalue weighted by Gasteiger charge is 2.33. The van der Waals surface area contributed by atoms with Gasteiger partial charge >= 0.3 is 0 Å². The molecule has 1 aliphatic carbocycles. The van der Waals surface area contributed by atoms with Gasteiger partial charge in [-0.15, -0.1) is 0 Å². The summed E-state index contributed by atoms with van der Waals surface area (Å²) in [5, 5.41) is 22.0. The highest BCUT2D eigenvalue weighted by molar-refractivity contribution is 6.01. The fraction of sp³-hybridized carbons (Fsp3) is 0.417. The molecule has 1 unspecified atom stereocenters. The number of hydrogen-bond acceptors (Lipinski definition) is 8. The van der Waals surface area contributed by atoms with Gasteiger partial charge in [-0.2, -0.15) is 9.61 Å². The van der Waals surface area contributed by atoms with Gasteiger partial charge in [0.05, 0.1) is 43.3 Å². The predicted octanol–water partition coefficient (Wildman–Crippen LogP) is 1.63. The number of hydrogen-bond donors (Lipinski definition) is 3. The van der Waals surface area contributed by atoms with Gasteiger partial charge in [0.15, 0.2) is 5.65 Å². The number of fused-ring (bicyclic) bond motifs is 2. The van der Waals surface area contributed by atoms with Crippen LogP contribution in [0.5, 0.6) is 0 Å². The molecule has 4 atom stereocenters. The molecule has 1 amide bonds. The molecule has 4 aromatic rings. The molecule has 1 saturated heterocycles. The number of rotatable bonds is 6. The van der Waals surface area contributed by atoms with Gasteiger partial charge in [-0.05, 0) is 25.0 Å². The van der Waals surface area contributed by atoms with Gasteiger partial charge in [0.2, 0.25) is 0 Å². The van der Waals surface area contributed by atoms with Gasteiger partial charge < -0.3 is 29.8 Å². The Morgan fingerprint density at radius 2 is 2.17 bits per heavy atom. The summed E-state index contributed by atoms with van der Waals surface area (Å²) in [5.74, 6) is 0.463. The van der Waals surface area contributed by atoms with Crippen molar-refractivity contribution in [1.82, 2.24) is 29.5 Å². The number of ether oxygens (including phenoxy) is 2. The van der Waals surface area contributed by atoms with E-state index in [9.17, 15) is 9.90 Å². The highest BCUT2D eigenvalue weighted by atomic mass is 16.5. The molecule has 0 spiro atoms. The van der Waals surface area contributed by atoms with E-state index in [1.165, 1.54) is 0 Å². The Balaban J connectivity index is 1.45. The highest BCUT2D eigenvalue weighted by Crippen LogP contribution is 2.34. The fourth-order valence-electron chi connectivity index (χ4n) is 4.94. The minimum absolute atomic E-state index is 0.0153. The zero-order chi connectivity index (χ0) is 24.1. The average molecular weight is 478 g/mol. The molecule has 3 N–H and O–H groups in total. The molecule has 35 heavy (non-hydrogen) atoms. The van der Waals surface area contributed by atoms with Crippen LogP contribution in [0.25, 0.3) is 27.9 Å². The molecule has 2 fully saturated rings. The molecular weight excluding hydrogens is 450 g/mol. The summed E-state index contributed by atoms with van der Waals surface area (Å²) in [7, 11) is 3.46. The minimum Gasteiger partial charge on any atom is -0.388 e. The molecule has 2 aliphatic rings. The van der Waals surface area contributed by atoms with E-state index in [1.54, 1.807) is 31.1 Å². The van der Waals surface area contributed by atoms with Crippen molar-refractivity contribution in [2.24, 2.45) is 0 Å². The summed E-state index contributed by atoms with van der Waals surface area (Å²) in [6.45, 7) is 0.700. The second-order valence-electron chi connectivity index (χ2n) is 9.00. The van der Waals surface area contributed by atoms with Crippen LogP contribution in [0.15, 0.2) is 36.8 Å². The summed E-state index contributed by atoms with van der Waals surface area (Å²) in [6.07, 6.45) is 6.45. The lowest BCUT2D eigenvalue weighted by molar-refractivity contribution is 0.00732. The molecule has 6 rings (SSSR count). The monoisotopic (exact) mass is 477 g/mol. The van der Waals surface area contributed by atoms with E-state index in [0.29, 0.717) is 35.9 Å². The SMILES string of the molecule is CNc1cc(-c2cn([C@@H]3COC[C@H]3O)c3ncccc23)nc2c(C(=O)NC3CC[C@@H]3OC)cnn12. The number of nitrogens with one attached hydrogen (secondary N) is 2. The summed E-state index contributed by atoms with van der Waals surface area (Å²) in [5.41, 5.74) is 3.10. The Kier molecular flexibility index (Phi) is 5.39. The molecule has 5 heterocycles. The Morgan fingerprint density at radius 1 is 1.29 bits per heavy atom. The smallest absolute Gasteiger partial charge is 0.257 e. The Morgan fingerprint density at radius 3 is 2.89 bits per heavy atom.